The molecule has 5 heteroatoms. The van der Waals surface area contributed by atoms with Crippen molar-refractivity contribution < 1.29 is 9.90 Å². The summed E-state index contributed by atoms with van der Waals surface area (Å²) in [5, 5.41) is 10.2. The summed E-state index contributed by atoms with van der Waals surface area (Å²) in [6.45, 7) is 6.93. The van der Waals surface area contributed by atoms with Gasteiger partial charge in [0.05, 0.1) is 6.04 Å². The van der Waals surface area contributed by atoms with Crippen LogP contribution >= 0.6 is 0 Å². The van der Waals surface area contributed by atoms with Gasteiger partial charge in [-0.3, -0.25) is 14.6 Å². The van der Waals surface area contributed by atoms with Crippen LogP contribution in [0.15, 0.2) is 61.2 Å². The number of benzene rings is 2. The second kappa shape index (κ2) is 9.88. The van der Waals surface area contributed by atoms with E-state index in [9.17, 15) is 9.90 Å². The summed E-state index contributed by atoms with van der Waals surface area (Å²) in [5.74, 6) is 0.294. The van der Waals surface area contributed by atoms with Gasteiger partial charge in [0, 0.05) is 51.4 Å². The summed E-state index contributed by atoms with van der Waals surface area (Å²) in [5.41, 5.74) is 2.93. The molecule has 0 radical (unpaired) electrons. The molecule has 2 bridgehead atoms. The number of hydrogen-bond acceptors (Lipinski definition) is 4. The molecule has 0 aliphatic carbocycles. The van der Waals surface area contributed by atoms with E-state index < -0.39 is 0 Å². The van der Waals surface area contributed by atoms with Gasteiger partial charge < -0.3 is 10.0 Å². The molecular weight excluding hydrogens is 398 g/mol. The molecule has 0 spiro atoms. The van der Waals surface area contributed by atoms with E-state index in [1.807, 2.05) is 30.3 Å². The van der Waals surface area contributed by atoms with Gasteiger partial charge in [-0.15, -0.1) is 6.58 Å². The summed E-state index contributed by atoms with van der Waals surface area (Å²) in [6.07, 6.45) is 6.93. The third-order valence-electron chi connectivity index (χ3n) is 6.98. The van der Waals surface area contributed by atoms with Crippen LogP contribution in [0.1, 0.15) is 53.2 Å². The van der Waals surface area contributed by atoms with E-state index >= 15 is 0 Å². The first-order valence-corrected chi connectivity index (χ1v) is 11.7. The van der Waals surface area contributed by atoms with Crippen molar-refractivity contribution in [3.8, 4) is 5.75 Å². The van der Waals surface area contributed by atoms with Crippen LogP contribution in [0.5, 0.6) is 5.75 Å². The monoisotopic (exact) mass is 433 g/mol. The summed E-state index contributed by atoms with van der Waals surface area (Å²) in [4.78, 5) is 19.2. The highest BCUT2D eigenvalue weighted by Gasteiger charge is 2.36. The van der Waals surface area contributed by atoms with Crippen LogP contribution in [-0.4, -0.2) is 71.5 Å². The minimum absolute atomic E-state index is 0.00842. The van der Waals surface area contributed by atoms with Crippen LogP contribution in [0.2, 0.25) is 0 Å². The Kier molecular flexibility index (Phi) is 6.97. The first-order chi connectivity index (χ1) is 15.5. The van der Waals surface area contributed by atoms with Gasteiger partial charge in [0.15, 0.2) is 0 Å². The van der Waals surface area contributed by atoms with Crippen LogP contribution in [0.25, 0.3) is 0 Å². The van der Waals surface area contributed by atoms with Gasteiger partial charge in [0.1, 0.15) is 5.75 Å². The van der Waals surface area contributed by atoms with Crippen LogP contribution in [0, 0.1) is 0 Å². The molecule has 2 fully saturated rings. The number of rotatable bonds is 6. The lowest BCUT2D eigenvalue weighted by Gasteiger charge is -2.41. The van der Waals surface area contributed by atoms with Crippen molar-refractivity contribution in [2.24, 2.45) is 0 Å². The quantitative estimate of drug-likeness (QED) is 0.690. The highest BCUT2D eigenvalue weighted by molar-refractivity contribution is 5.93. The lowest BCUT2D eigenvalue weighted by Crippen LogP contribution is -2.48. The number of piperidine rings is 1. The molecule has 0 saturated carbocycles. The zero-order valence-corrected chi connectivity index (χ0v) is 19.3. The Balaban J connectivity index is 1.69. The third kappa shape index (κ3) is 4.74. The van der Waals surface area contributed by atoms with Crippen LogP contribution in [0.4, 0.5) is 0 Å². The van der Waals surface area contributed by atoms with Gasteiger partial charge in [0.2, 0.25) is 0 Å². The molecule has 0 aromatic heterocycles. The molecule has 4 rings (SSSR count). The van der Waals surface area contributed by atoms with Crippen LogP contribution < -0.4 is 0 Å². The minimum atomic E-state index is 0.00842. The van der Waals surface area contributed by atoms with Gasteiger partial charge in [-0.1, -0.05) is 36.8 Å². The van der Waals surface area contributed by atoms with E-state index in [-0.39, 0.29) is 17.7 Å². The molecule has 3 unspecified atom stereocenters. The second-order valence-corrected chi connectivity index (χ2v) is 9.33. The normalized spacial score (nSPS) is 22.7. The number of hydrogen-bond donors (Lipinski definition) is 1. The van der Waals surface area contributed by atoms with Crippen molar-refractivity contribution in [1.29, 1.82) is 0 Å². The molecule has 170 valence electrons. The number of phenols is 1. The minimum Gasteiger partial charge on any atom is -0.508 e. The smallest absolute Gasteiger partial charge is 0.253 e. The Bertz CT molecular complexity index is 940. The first kappa shape index (κ1) is 22.6. The van der Waals surface area contributed by atoms with E-state index in [1.165, 1.54) is 19.3 Å². The first-order valence-electron chi connectivity index (χ1n) is 11.7. The SMILES string of the molecule is C=CCN1C2CCCC1CN(C(c1ccc(C(=O)N(C)C)cc1)c1cccc(O)c1)CC2. The van der Waals surface area contributed by atoms with E-state index in [1.54, 1.807) is 25.1 Å². The molecule has 2 saturated heterocycles. The zero-order chi connectivity index (χ0) is 22.7. The van der Waals surface area contributed by atoms with Crippen molar-refractivity contribution in [2.75, 3.05) is 33.7 Å². The number of carbonyl (C=O) groups excluding carboxylic acids is 1. The Morgan fingerprint density at radius 2 is 1.88 bits per heavy atom. The fraction of sp³-hybridized carbons (Fsp3) is 0.444. The third-order valence-corrected chi connectivity index (χ3v) is 6.98. The number of phenolic OH excluding ortho intramolecular Hbond substituents is 1. The number of amides is 1. The predicted octanol–water partition coefficient (Wildman–Crippen LogP) is 4.30. The average Bonchev–Trinajstić information content (AvgIpc) is 2.87. The van der Waals surface area contributed by atoms with Crippen LogP contribution in [-0.2, 0) is 0 Å². The lowest BCUT2D eigenvalue weighted by atomic mass is 9.94. The van der Waals surface area contributed by atoms with Gasteiger partial charge in [-0.25, -0.2) is 0 Å². The van der Waals surface area contributed by atoms with Gasteiger partial charge in [-0.2, -0.15) is 0 Å². The van der Waals surface area contributed by atoms with E-state index in [4.69, 9.17) is 0 Å². The number of carbonyl (C=O) groups is 1. The maximum Gasteiger partial charge on any atom is 0.253 e. The Morgan fingerprint density at radius 3 is 2.56 bits per heavy atom. The van der Waals surface area contributed by atoms with Gasteiger partial charge >= 0.3 is 0 Å². The highest BCUT2D eigenvalue weighted by atomic mass is 16.3. The fourth-order valence-electron chi connectivity index (χ4n) is 5.46. The molecule has 5 nitrogen and oxygen atoms in total. The number of nitrogens with zero attached hydrogens (tertiary/aromatic N) is 3. The summed E-state index contributed by atoms with van der Waals surface area (Å²) in [6, 6.07) is 16.8. The fourth-order valence-corrected chi connectivity index (χ4v) is 5.46. The molecule has 2 aromatic carbocycles. The van der Waals surface area contributed by atoms with Gasteiger partial charge in [0.25, 0.3) is 5.91 Å². The zero-order valence-electron chi connectivity index (χ0n) is 19.3. The summed E-state index contributed by atoms with van der Waals surface area (Å²) >= 11 is 0. The summed E-state index contributed by atoms with van der Waals surface area (Å²) in [7, 11) is 3.55. The van der Waals surface area contributed by atoms with Crippen molar-refractivity contribution in [3.05, 3.63) is 77.9 Å². The number of aromatic hydroxyl groups is 1. The maximum absolute atomic E-state index is 12.4. The Hall–Kier alpha value is -2.63. The molecule has 2 aromatic rings. The van der Waals surface area contributed by atoms with E-state index in [0.29, 0.717) is 17.6 Å². The van der Waals surface area contributed by atoms with Crippen molar-refractivity contribution in [1.82, 2.24) is 14.7 Å². The molecule has 1 amide bonds. The molecule has 1 N–H and O–H groups in total. The highest BCUT2D eigenvalue weighted by Crippen LogP contribution is 2.36. The second-order valence-electron chi connectivity index (χ2n) is 9.33. The van der Waals surface area contributed by atoms with Crippen LogP contribution in [0.3, 0.4) is 0 Å². The molecule has 2 aliphatic heterocycles. The standard InChI is InChI=1S/C27H35N3O2/c1-4-16-30-23-8-6-9-24(30)19-29(17-15-23)26(22-7-5-10-25(31)18-22)20-11-13-21(14-12-20)27(32)28(2)3/h4-5,7,10-14,18,23-24,26,31H,1,6,8-9,15-17,19H2,2-3H3. The van der Waals surface area contributed by atoms with Crippen molar-refractivity contribution in [2.45, 2.75) is 43.8 Å². The van der Waals surface area contributed by atoms with E-state index in [0.717, 1.165) is 37.2 Å². The Morgan fingerprint density at radius 1 is 1.12 bits per heavy atom. The van der Waals surface area contributed by atoms with Crippen molar-refractivity contribution >= 4 is 5.91 Å². The number of fused-ring (bicyclic) bond motifs is 2. The molecule has 2 heterocycles. The van der Waals surface area contributed by atoms with Crippen molar-refractivity contribution in [3.63, 3.8) is 0 Å². The molecule has 3 atom stereocenters. The molecule has 32 heavy (non-hydrogen) atoms. The molecule has 2 aliphatic rings. The predicted molar refractivity (Wildman–Crippen MR) is 129 cm³/mol. The van der Waals surface area contributed by atoms with E-state index in [2.05, 4.69) is 34.6 Å². The van der Waals surface area contributed by atoms with Gasteiger partial charge in [-0.05, 0) is 54.7 Å². The summed E-state index contributed by atoms with van der Waals surface area (Å²) < 4.78 is 0. The lowest BCUT2D eigenvalue weighted by molar-refractivity contribution is 0.0827. The average molecular weight is 434 g/mol. The maximum atomic E-state index is 12.4. The molecular formula is C27H35N3O2. The largest absolute Gasteiger partial charge is 0.508 e. The topological polar surface area (TPSA) is 47.0 Å². The Labute approximate surface area is 191 Å².